The SMILES string of the molecule is OCC(O)COc1ccc2ccccc2c1. The van der Waals surface area contributed by atoms with Gasteiger partial charge in [0, 0.05) is 0 Å². The summed E-state index contributed by atoms with van der Waals surface area (Å²) in [6, 6.07) is 13.7. The molecule has 0 aliphatic rings. The quantitative estimate of drug-likeness (QED) is 0.819. The highest BCUT2D eigenvalue weighted by atomic mass is 16.5. The Morgan fingerprint density at radius 3 is 2.56 bits per heavy atom. The van der Waals surface area contributed by atoms with Crippen LogP contribution in [0.3, 0.4) is 0 Å². The maximum Gasteiger partial charge on any atom is 0.120 e. The molecule has 3 nitrogen and oxygen atoms in total. The van der Waals surface area contributed by atoms with Crippen molar-refractivity contribution >= 4 is 10.8 Å². The van der Waals surface area contributed by atoms with Crippen molar-refractivity contribution in [1.82, 2.24) is 0 Å². The number of aliphatic hydroxyl groups is 2. The van der Waals surface area contributed by atoms with Gasteiger partial charge < -0.3 is 14.9 Å². The second-order valence-corrected chi connectivity index (χ2v) is 3.66. The normalized spacial score (nSPS) is 12.6. The summed E-state index contributed by atoms with van der Waals surface area (Å²) < 4.78 is 5.36. The van der Waals surface area contributed by atoms with Gasteiger partial charge in [0.25, 0.3) is 0 Å². The third kappa shape index (κ3) is 2.51. The molecule has 2 aromatic carbocycles. The fourth-order valence-corrected chi connectivity index (χ4v) is 1.50. The largest absolute Gasteiger partial charge is 0.491 e. The maximum atomic E-state index is 9.16. The summed E-state index contributed by atoms with van der Waals surface area (Å²) in [5.41, 5.74) is 0. The zero-order valence-corrected chi connectivity index (χ0v) is 8.84. The van der Waals surface area contributed by atoms with Crippen LogP contribution in [-0.4, -0.2) is 29.5 Å². The molecule has 2 N–H and O–H groups in total. The van der Waals surface area contributed by atoms with Crippen molar-refractivity contribution in [3.8, 4) is 5.75 Å². The van der Waals surface area contributed by atoms with E-state index in [1.165, 1.54) is 0 Å². The van der Waals surface area contributed by atoms with Gasteiger partial charge in [-0.05, 0) is 22.9 Å². The average molecular weight is 218 g/mol. The number of hydrogen-bond acceptors (Lipinski definition) is 3. The molecular weight excluding hydrogens is 204 g/mol. The molecule has 0 spiro atoms. The van der Waals surface area contributed by atoms with Gasteiger partial charge in [0.2, 0.25) is 0 Å². The van der Waals surface area contributed by atoms with E-state index in [0.717, 1.165) is 10.8 Å². The number of hydrogen-bond donors (Lipinski definition) is 2. The summed E-state index contributed by atoms with van der Waals surface area (Å²) in [5.74, 6) is 0.700. The molecule has 2 aromatic rings. The first-order valence-corrected chi connectivity index (χ1v) is 5.20. The summed E-state index contributed by atoms with van der Waals surface area (Å²) >= 11 is 0. The Balaban J connectivity index is 2.13. The van der Waals surface area contributed by atoms with Gasteiger partial charge in [0.05, 0.1) is 6.61 Å². The monoisotopic (exact) mass is 218 g/mol. The number of ether oxygens (including phenoxy) is 1. The molecule has 0 aliphatic carbocycles. The van der Waals surface area contributed by atoms with Crippen molar-refractivity contribution in [3.63, 3.8) is 0 Å². The second-order valence-electron chi connectivity index (χ2n) is 3.66. The molecule has 0 saturated carbocycles. The molecule has 2 rings (SSSR count). The topological polar surface area (TPSA) is 49.7 Å². The number of aliphatic hydroxyl groups excluding tert-OH is 2. The van der Waals surface area contributed by atoms with Crippen LogP contribution in [0.15, 0.2) is 42.5 Å². The van der Waals surface area contributed by atoms with E-state index in [0.29, 0.717) is 5.75 Å². The van der Waals surface area contributed by atoms with Crippen LogP contribution in [0.1, 0.15) is 0 Å². The van der Waals surface area contributed by atoms with Gasteiger partial charge in [-0.3, -0.25) is 0 Å². The minimum atomic E-state index is -0.827. The van der Waals surface area contributed by atoms with Crippen molar-refractivity contribution < 1.29 is 14.9 Å². The van der Waals surface area contributed by atoms with Gasteiger partial charge in [0.15, 0.2) is 0 Å². The molecule has 1 unspecified atom stereocenters. The smallest absolute Gasteiger partial charge is 0.120 e. The second kappa shape index (κ2) is 4.96. The van der Waals surface area contributed by atoms with Crippen LogP contribution in [0.4, 0.5) is 0 Å². The van der Waals surface area contributed by atoms with Crippen molar-refractivity contribution in [1.29, 1.82) is 0 Å². The predicted molar refractivity (Wildman–Crippen MR) is 62.5 cm³/mol. The van der Waals surface area contributed by atoms with Crippen LogP contribution in [0, 0.1) is 0 Å². The Kier molecular flexibility index (Phi) is 3.39. The number of fused-ring (bicyclic) bond motifs is 1. The summed E-state index contributed by atoms with van der Waals surface area (Å²) in [4.78, 5) is 0. The molecule has 16 heavy (non-hydrogen) atoms. The summed E-state index contributed by atoms with van der Waals surface area (Å²) in [7, 11) is 0. The molecule has 0 radical (unpaired) electrons. The Morgan fingerprint density at radius 1 is 1.06 bits per heavy atom. The van der Waals surface area contributed by atoms with E-state index in [1.54, 1.807) is 0 Å². The van der Waals surface area contributed by atoms with E-state index in [9.17, 15) is 0 Å². The molecule has 0 aliphatic heterocycles. The minimum Gasteiger partial charge on any atom is -0.491 e. The van der Waals surface area contributed by atoms with Crippen LogP contribution < -0.4 is 4.74 Å². The van der Waals surface area contributed by atoms with Gasteiger partial charge >= 0.3 is 0 Å². The first-order valence-electron chi connectivity index (χ1n) is 5.20. The molecule has 0 aromatic heterocycles. The lowest BCUT2D eigenvalue weighted by Crippen LogP contribution is -2.21. The summed E-state index contributed by atoms with van der Waals surface area (Å²) in [6.07, 6.45) is -0.827. The van der Waals surface area contributed by atoms with E-state index in [-0.39, 0.29) is 13.2 Å². The molecule has 1 atom stereocenters. The molecule has 0 heterocycles. The van der Waals surface area contributed by atoms with E-state index in [1.807, 2.05) is 42.5 Å². The lowest BCUT2D eigenvalue weighted by Gasteiger charge is -2.10. The van der Waals surface area contributed by atoms with Crippen LogP contribution in [0.2, 0.25) is 0 Å². The highest BCUT2D eigenvalue weighted by Crippen LogP contribution is 2.20. The Bertz CT molecular complexity index is 467. The van der Waals surface area contributed by atoms with E-state index >= 15 is 0 Å². The van der Waals surface area contributed by atoms with Crippen molar-refractivity contribution in [2.45, 2.75) is 6.10 Å². The standard InChI is InChI=1S/C13H14O3/c14-8-12(15)9-16-13-6-5-10-3-1-2-4-11(10)7-13/h1-7,12,14-15H,8-9H2. The number of benzene rings is 2. The highest BCUT2D eigenvalue weighted by Gasteiger charge is 2.03. The van der Waals surface area contributed by atoms with Gasteiger partial charge in [0.1, 0.15) is 18.5 Å². The third-order valence-corrected chi connectivity index (χ3v) is 2.37. The lowest BCUT2D eigenvalue weighted by molar-refractivity contribution is 0.0536. The Hall–Kier alpha value is -1.58. The van der Waals surface area contributed by atoms with Crippen LogP contribution in [0.25, 0.3) is 10.8 Å². The van der Waals surface area contributed by atoms with Crippen molar-refractivity contribution in [2.75, 3.05) is 13.2 Å². The summed E-state index contributed by atoms with van der Waals surface area (Å²) in [6.45, 7) is -0.178. The molecule has 84 valence electrons. The van der Waals surface area contributed by atoms with Gasteiger partial charge in [-0.15, -0.1) is 0 Å². The van der Waals surface area contributed by atoms with Crippen LogP contribution >= 0.6 is 0 Å². The zero-order chi connectivity index (χ0) is 11.4. The van der Waals surface area contributed by atoms with E-state index in [2.05, 4.69) is 0 Å². The molecule has 3 heteroatoms. The van der Waals surface area contributed by atoms with Crippen molar-refractivity contribution in [3.05, 3.63) is 42.5 Å². The minimum absolute atomic E-state index is 0.106. The fraction of sp³-hybridized carbons (Fsp3) is 0.231. The van der Waals surface area contributed by atoms with Gasteiger partial charge in [-0.25, -0.2) is 0 Å². The molecule has 0 fully saturated rings. The average Bonchev–Trinajstić information content (AvgIpc) is 2.35. The van der Waals surface area contributed by atoms with E-state index in [4.69, 9.17) is 14.9 Å². The Labute approximate surface area is 93.9 Å². The van der Waals surface area contributed by atoms with Crippen molar-refractivity contribution in [2.24, 2.45) is 0 Å². The lowest BCUT2D eigenvalue weighted by atomic mass is 10.1. The maximum absolute atomic E-state index is 9.16. The molecule has 0 saturated heterocycles. The number of rotatable bonds is 4. The molecule has 0 bridgehead atoms. The van der Waals surface area contributed by atoms with E-state index < -0.39 is 6.10 Å². The van der Waals surface area contributed by atoms with Gasteiger partial charge in [-0.1, -0.05) is 30.3 Å². The van der Waals surface area contributed by atoms with Gasteiger partial charge in [-0.2, -0.15) is 0 Å². The first kappa shape index (κ1) is 10.9. The Morgan fingerprint density at radius 2 is 1.81 bits per heavy atom. The first-order chi connectivity index (χ1) is 7.79. The zero-order valence-electron chi connectivity index (χ0n) is 8.84. The highest BCUT2D eigenvalue weighted by molar-refractivity contribution is 5.83. The molecule has 0 amide bonds. The predicted octanol–water partition coefficient (Wildman–Crippen LogP) is 1.57. The fourth-order valence-electron chi connectivity index (χ4n) is 1.50. The van der Waals surface area contributed by atoms with Crippen LogP contribution in [-0.2, 0) is 0 Å². The summed E-state index contributed by atoms with van der Waals surface area (Å²) in [5, 5.41) is 20.1. The van der Waals surface area contributed by atoms with Crippen LogP contribution in [0.5, 0.6) is 5.75 Å². The molecular formula is C13H14O3. The third-order valence-electron chi connectivity index (χ3n) is 2.37.